The van der Waals surface area contributed by atoms with Gasteiger partial charge in [-0.25, -0.2) is 12.7 Å². The highest BCUT2D eigenvalue weighted by Crippen LogP contribution is 2.37. The standard InChI is InChI=1S/C33H47N5O4S/c1-42-17-6-18-43(40,41)38-15-9-26(10-16-38)31-24-36-33-29(22-32(34)39)20-28(21-30(31)33)27-8-4-7-25(19-27)23-35-11-5-14-37-12-2-3-13-37/h4,7-8,19-21,24,26,35-36H,2-3,5-6,9-18,22-23H2,1H3,(H2,34,39). The number of likely N-dealkylation sites (tertiary alicyclic amines) is 1. The van der Waals surface area contributed by atoms with Gasteiger partial charge in [-0.1, -0.05) is 18.2 Å². The maximum absolute atomic E-state index is 12.8. The second-order valence-electron chi connectivity index (χ2n) is 12.1. The number of ether oxygens (including phenoxy) is 1. The molecule has 0 unspecified atom stereocenters. The molecule has 0 saturated carbocycles. The van der Waals surface area contributed by atoms with Crippen molar-refractivity contribution < 1.29 is 17.9 Å². The third-order valence-corrected chi connectivity index (χ3v) is 10.9. The van der Waals surface area contributed by atoms with Gasteiger partial charge in [0, 0.05) is 50.5 Å². The number of benzene rings is 2. The molecule has 0 bridgehead atoms. The molecule has 1 aromatic heterocycles. The third-order valence-electron chi connectivity index (χ3n) is 8.92. The van der Waals surface area contributed by atoms with Crippen LogP contribution in [0, 0.1) is 0 Å². The van der Waals surface area contributed by atoms with Crippen LogP contribution in [0.4, 0.5) is 0 Å². The van der Waals surface area contributed by atoms with Crippen molar-refractivity contribution in [1.82, 2.24) is 19.5 Å². The van der Waals surface area contributed by atoms with Gasteiger partial charge >= 0.3 is 0 Å². The zero-order chi connectivity index (χ0) is 30.2. The van der Waals surface area contributed by atoms with Crippen molar-refractivity contribution in [2.45, 2.75) is 57.4 Å². The first-order valence-corrected chi connectivity index (χ1v) is 17.4. The molecule has 3 aromatic rings. The minimum absolute atomic E-state index is 0.117. The van der Waals surface area contributed by atoms with E-state index in [2.05, 4.69) is 51.6 Å². The molecule has 2 aliphatic heterocycles. The molecular formula is C33H47N5O4S. The van der Waals surface area contributed by atoms with Crippen molar-refractivity contribution >= 4 is 26.8 Å². The highest BCUT2D eigenvalue weighted by atomic mass is 32.2. The van der Waals surface area contributed by atoms with E-state index in [1.807, 2.05) is 6.20 Å². The first kappa shape index (κ1) is 31.7. The van der Waals surface area contributed by atoms with Crippen LogP contribution in [0.2, 0.25) is 0 Å². The molecule has 0 aliphatic carbocycles. The highest BCUT2D eigenvalue weighted by Gasteiger charge is 2.29. The van der Waals surface area contributed by atoms with Crippen LogP contribution in [0.25, 0.3) is 22.0 Å². The first-order chi connectivity index (χ1) is 20.8. The quantitative estimate of drug-likeness (QED) is 0.224. The zero-order valence-electron chi connectivity index (χ0n) is 25.4. The van der Waals surface area contributed by atoms with Gasteiger partial charge < -0.3 is 25.7 Å². The second kappa shape index (κ2) is 14.8. The smallest absolute Gasteiger partial charge is 0.221 e. The average Bonchev–Trinajstić information content (AvgIpc) is 3.67. The van der Waals surface area contributed by atoms with E-state index in [-0.39, 0.29) is 24.0 Å². The van der Waals surface area contributed by atoms with Crippen molar-refractivity contribution in [3.05, 3.63) is 59.3 Å². The van der Waals surface area contributed by atoms with Crippen LogP contribution < -0.4 is 11.1 Å². The Bertz CT molecular complexity index is 1470. The molecule has 1 amide bonds. The number of fused-ring (bicyclic) bond motifs is 1. The Morgan fingerprint density at radius 1 is 1.07 bits per heavy atom. The van der Waals surface area contributed by atoms with Crippen LogP contribution in [0.3, 0.4) is 0 Å². The van der Waals surface area contributed by atoms with Crippen LogP contribution in [0.1, 0.15) is 61.1 Å². The summed E-state index contributed by atoms with van der Waals surface area (Å²) in [6, 6.07) is 12.9. The fourth-order valence-corrected chi connectivity index (χ4v) is 8.15. The predicted octanol–water partition coefficient (Wildman–Crippen LogP) is 3.98. The fourth-order valence-electron chi connectivity index (χ4n) is 6.65. The van der Waals surface area contributed by atoms with Gasteiger partial charge in [-0.2, -0.15) is 0 Å². The van der Waals surface area contributed by atoms with Crippen molar-refractivity contribution in [2.24, 2.45) is 5.73 Å². The van der Waals surface area contributed by atoms with Crippen molar-refractivity contribution in [2.75, 3.05) is 58.7 Å². The van der Waals surface area contributed by atoms with E-state index in [0.29, 0.717) is 26.1 Å². The van der Waals surface area contributed by atoms with E-state index in [9.17, 15) is 13.2 Å². The molecule has 9 nitrogen and oxygen atoms in total. The Morgan fingerprint density at radius 2 is 1.86 bits per heavy atom. The molecule has 2 aromatic carbocycles. The molecule has 2 aliphatic rings. The Morgan fingerprint density at radius 3 is 2.60 bits per heavy atom. The van der Waals surface area contributed by atoms with Crippen LogP contribution in [0.15, 0.2) is 42.6 Å². The second-order valence-corrected chi connectivity index (χ2v) is 14.1. The number of nitrogens with two attached hydrogens (primary N) is 1. The van der Waals surface area contributed by atoms with E-state index < -0.39 is 10.0 Å². The number of H-pyrrole nitrogens is 1. The van der Waals surface area contributed by atoms with Gasteiger partial charge in [0.25, 0.3) is 0 Å². The molecule has 0 spiro atoms. The number of carbonyl (C=O) groups excluding carboxylic acids is 1. The Kier molecular flexibility index (Phi) is 10.9. The number of piperidine rings is 1. The van der Waals surface area contributed by atoms with E-state index in [4.69, 9.17) is 10.5 Å². The van der Waals surface area contributed by atoms with Gasteiger partial charge in [0.2, 0.25) is 15.9 Å². The van der Waals surface area contributed by atoms with Crippen LogP contribution in [-0.2, 0) is 32.5 Å². The number of methoxy groups -OCH3 is 1. The van der Waals surface area contributed by atoms with Crippen LogP contribution in [0.5, 0.6) is 0 Å². The van der Waals surface area contributed by atoms with Gasteiger partial charge in [0.15, 0.2) is 0 Å². The Balaban J connectivity index is 1.30. The highest BCUT2D eigenvalue weighted by molar-refractivity contribution is 7.89. The predicted molar refractivity (Wildman–Crippen MR) is 172 cm³/mol. The van der Waals surface area contributed by atoms with E-state index in [1.165, 1.54) is 37.1 Å². The molecule has 3 heterocycles. The molecule has 5 rings (SSSR count). The molecule has 2 saturated heterocycles. The van der Waals surface area contributed by atoms with Crippen molar-refractivity contribution in [1.29, 1.82) is 0 Å². The maximum atomic E-state index is 12.8. The molecule has 0 radical (unpaired) electrons. The zero-order valence-corrected chi connectivity index (χ0v) is 26.3. The number of sulfonamides is 1. The summed E-state index contributed by atoms with van der Waals surface area (Å²) in [5.41, 5.74) is 12.0. The van der Waals surface area contributed by atoms with Gasteiger partial charge in [-0.3, -0.25) is 4.79 Å². The summed E-state index contributed by atoms with van der Waals surface area (Å²) in [6.45, 7) is 6.91. The minimum Gasteiger partial charge on any atom is -0.385 e. The first-order valence-electron chi connectivity index (χ1n) is 15.8. The van der Waals surface area contributed by atoms with Gasteiger partial charge in [-0.05, 0) is 117 Å². The molecule has 2 fully saturated rings. The fraction of sp³-hybridized carbons (Fsp3) is 0.545. The SMILES string of the molecule is COCCCS(=O)(=O)N1CCC(c2c[nH]c3c(CC(N)=O)cc(-c4cccc(CNCCCN5CCCC5)c4)cc23)CC1. The summed E-state index contributed by atoms with van der Waals surface area (Å²) in [6.07, 6.45) is 8.02. The summed E-state index contributed by atoms with van der Waals surface area (Å²) >= 11 is 0. The number of aromatic nitrogens is 1. The minimum atomic E-state index is -3.28. The number of nitrogens with one attached hydrogen (secondary N) is 2. The van der Waals surface area contributed by atoms with Gasteiger partial charge in [0.05, 0.1) is 12.2 Å². The number of aromatic amines is 1. The average molecular weight is 610 g/mol. The summed E-state index contributed by atoms with van der Waals surface area (Å²) < 4.78 is 32.3. The lowest BCUT2D eigenvalue weighted by Crippen LogP contribution is -2.39. The summed E-state index contributed by atoms with van der Waals surface area (Å²) in [5, 5.41) is 4.69. The lowest BCUT2D eigenvalue weighted by atomic mass is 9.88. The van der Waals surface area contributed by atoms with Crippen LogP contribution in [-0.4, -0.2) is 87.3 Å². The molecular weight excluding hydrogens is 562 g/mol. The van der Waals surface area contributed by atoms with Crippen molar-refractivity contribution in [3.8, 4) is 11.1 Å². The number of hydrogen-bond acceptors (Lipinski definition) is 6. The maximum Gasteiger partial charge on any atom is 0.221 e. The number of carbonyl (C=O) groups is 1. The normalized spacial score (nSPS) is 17.2. The third kappa shape index (κ3) is 8.25. The molecule has 43 heavy (non-hydrogen) atoms. The van der Waals surface area contributed by atoms with E-state index >= 15 is 0 Å². The number of rotatable bonds is 15. The van der Waals surface area contributed by atoms with Gasteiger partial charge in [0.1, 0.15) is 0 Å². The molecule has 234 valence electrons. The largest absolute Gasteiger partial charge is 0.385 e. The van der Waals surface area contributed by atoms with Crippen LogP contribution >= 0.6 is 0 Å². The number of nitrogens with zero attached hydrogens (tertiary/aromatic N) is 2. The van der Waals surface area contributed by atoms with E-state index in [1.54, 1.807) is 11.4 Å². The van der Waals surface area contributed by atoms with Gasteiger partial charge in [-0.15, -0.1) is 0 Å². The number of hydrogen-bond donors (Lipinski definition) is 3. The topological polar surface area (TPSA) is 121 Å². The molecule has 4 N–H and O–H groups in total. The Labute approximate surface area is 256 Å². The summed E-state index contributed by atoms with van der Waals surface area (Å²) in [5.74, 6) is -0.0218. The molecule has 0 atom stereocenters. The number of amides is 1. The van der Waals surface area contributed by atoms with Crippen molar-refractivity contribution in [3.63, 3.8) is 0 Å². The monoisotopic (exact) mass is 609 g/mol. The summed E-state index contributed by atoms with van der Waals surface area (Å²) in [4.78, 5) is 18.0. The summed E-state index contributed by atoms with van der Waals surface area (Å²) in [7, 11) is -1.70. The Hall–Kier alpha value is -2.76. The van der Waals surface area contributed by atoms with E-state index in [0.717, 1.165) is 66.5 Å². The lowest BCUT2D eigenvalue weighted by molar-refractivity contribution is -0.117. The lowest BCUT2D eigenvalue weighted by Gasteiger charge is -2.31. The molecule has 10 heteroatoms. The number of primary amides is 1.